The van der Waals surface area contributed by atoms with Crippen molar-refractivity contribution < 1.29 is 4.39 Å². The Bertz CT molecular complexity index is 671. The normalized spacial score (nSPS) is 11.6. The first kappa shape index (κ1) is 21.7. The zero-order valence-corrected chi connectivity index (χ0v) is 17.6. The second kappa shape index (κ2) is 11.3. The maximum atomic E-state index is 13.4. The molecule has 0 atom stereocenters. The van der Waals surface area contributed by atoms with Gasteiger partial charge in [0.05, 0.1) is 6.54 Å². The van der Waals surface area contributed by atoms with Crippen LogP contribution in [0.4, 0.5) is 4.39 Å². The van der Waals surface area contributed by atoms with Crippen LogP contribution in [0.15, 0.2) is 29.4 Å². The Labute approximate surface area is 166 Å². The Morgan fingerprint density at radius 3 is 2.80 bits per heavy atom. The molecule has 5 nitrogen and oxygen atoms in total. The van der Waals surface area contributed by atoms with Crippen molar-refractivity contribution in [1.82, 2.24) is 20.5 Å². The molecule has 0 amide bonds. The third kappa shape index (κ3) is 6.81. The van der Waals surface area contributed by atoms with Crippen LogP contribution >= 0.6 is 24.0 Å². The molecular weight excluding hydrogens is 432 g/mol. The number of H-pyrrole nitrogens is 1. The van der Waals surface area contributed by atoms with Crippen molar-refractivity contribution in [3.63, 3.8) is 0 Å². The summed E-state index contributed by atoms with van der Waals surface area (Å²) in [6.07, 6.45) is 2.76. The molecule has 0 aliphatic rings. The molecule has 2 rings (SSSR count). The van der Waals surface area contributed by atoms with Crippen molar-refractivity contribution in [3.05, 3.63) is 35.8 Å². The number of fused-ring (bicyclic) bond motifs is 1. The summed E-state index contributed by atoms with van der Waals surface area (Å²) in [7, 11) is 2.09. The number of likely N-dealkylation sites (N-methyl/N-ethyl adjacent to an activating group) is 1. The molecule has 1 heterocycles. The largest absolute Gasteiger partial charge is 0.361 e. The van der Waals surface area contributed by atoms with E-state index in [4.69, 9.17) is 0 Å². The lowest BCUT2D eigenvalue weighted by Crippen LogP contribution is -2.38. The smallest absolute Gasteiger partial charge is 0.191 e. The SMILES string of the molecule is CCNC(=NCCN(C)CC)NCCc1c[nH]c2ccc(F)cc12.I. The van der Waals surface area contributed by atoms with E-state index in [1.165, 1.54) is 6.07 Å². The second-order valence-corrected chi connectivity index (χ2v) is 5.84. The summed E-state index contributed by atoms with van der Waals surface area (Å²) in [4.78, 5) is 10.00. The van der Waals surface area contributed by atoms with Gasteiger partial charge in [-0.25, -0.2) is 4.39 Å². The van der Waals surface area contributed by atoms with E-state index in [0.29, 0.717) is 0 Å². The summed E-state index contributed by atoms with van der Waals surface area (Å²) in [5, 5.41) is 7.54. The fourth-order valence-electron chi connectivity index (χ4n) is 2.51. The van der Waals surface area contributed by atoms with Gasteiger partial charge in [-0.2, -0.15) is 0 Å². The number of hydrogen-bond donors (Lipinski definition) is 3. The number of nitrogens with zero attached hydrogens (tertiary/aromatic N) is 2. The molecule has 7 heteroatoms. The first-order valence-corrected chi connectivity index (χ1v) is 8.60. The van der Waals surface area contributed by atoms with Crippen molar-refractivity contribution in [2.24, 2.45) is 4.99 Å². The van der Waals surface area contributed by atoms with Crippen LogP contribution in [0.2, 0.25) is 0 Å². The minimum atomic E-state index is -0.203. The zero-order chi connectivity index (χ0) is 17.4. The van der Waals surface area contributed by atoms with Gasteiger partial charge in [0.25, 0.3) is 0 Å². The molecule has 0 saturated carbocycles. The number of hydrogen-bond acceptors (Lipinski definition) is 2. The standard InChI is InChI=1S/C18H28FN5.HI/c1-4-20-18(22-10-11-24(3)5-2)21-9-8-14-13-23-17-7-6-15(19)12-16(14)17;/h6-7,12-13,23H,4-5,8-11H2,1-3H3,(H2,20,21,22);1H. The van der Waals surface area contributed by atoms with Gasteiger partial charge in [-0.3, -0.25) is 4.99 Å². The van der Waals surface area contributed by atoms with Gasteiger partial charge in [0, 0.05) is 36.7 Å². The average molecular weight is 461 g/mol. The molecule has 0 aliphatic heterocycles. The van der Waals surface area contributed by atoms with E-state index in [2.05, 4.69) is 46.4 Å². The molecule has 0 bridgehead atoms. The van der Waals surface area contributed by atoms with Crippen LogP contribution < -0.4 is 10.6 Å². The van der Waals surface area contributed by atoms with Crippen LogP contribution in [0.5, 0.6) is 0 Å². The van der Waals surface area contributed by atoms with Gasteiger partial charge in [-0.1, -0.05) is 6.92 Å². The molecule has 1 aromatic heterocycles. The lowest BCUT2D eigenvalue weighted by atomic mass is 10.1. The topological polar surface area (TPSA) is 55.5 Å². The van der Waals surface area contributed by atoms with E-state index in [0.717, 1.165) is 61.6 Å². The minimum Gasteiger partial charge on any atom is -0.361 e. The van der Waals surface area contributed by atoms with Crippen LogP contribution in [0.25, 0.3) is 10.9 Å². The Morgan fingerprint density at radius 1 is 1.28 bits per heavy atom. The van der Waals surface area contributed by atoms with Crippen molar-refractivity contribution in [2.45, 2.75) is 20.3 Å². The van der Waals surface area contributed by atoms with Crippen molar-refractivity contribution in [3.8, 4) is 0 Å². The summed E-state index contributed by atoms with van der Waals surface area (Å²) in [5.74, 6) is 0.624. The van der Waals surface area contributed by atoms with Gasteiger partial charge >= 0.3 is 0 Å². The van der Waals surface area contributed by atoms with E-state index in [1.54, 1.807) is 12.1 Å². The number of aromatic amines is 1. The summed E-state index contributed by atoms with van der Waals surface area (Å²) < 4.78 is 13.4. The molecule has 2 aromatic rings. The molecule has 3 N–H and O–H groups in total. The van der Waals surface area contributed by atoms with E-state index in [1.807, 2.05) is 6.20 Å². The lowest BCUT2D eigenvalue weighted by Gasteiger charge is -2.14. The lowest BCUT2D eigenvalue weighted by molar-refractivity contribution is 0.363. The van der Waals surface area contributed by atoms with Gasteiger partial charge < -0.3 is 20.5 Å². The van der Waals surface area contributed by atoms with Crippen molar-refractivity contribution in [1.29, 1.82) is 0 Å². The highest BCUT2D eigenvalue weighted by Crippen LogP contribution is 2.19. The molecule has 140 valence electrons. The molecular formula is C18H29FIN5. The Kier molecular flexibility index (Phi) is 9.81. The molecule has 0 fully saturated rings. The Balaban J connectivity index is 0.00000312. The summed E-state index contributed by atoms with van der Waals surface area (Å²) in [6.45, 7) is 8.49. The van der Waals surface area contributed by atoms with Crippen LogP contribution in [0.3, 0.4) is 0 Å². The Morgan fingerprint density at radius 2 is 2.08 bits per heavy atom. The van der Waals surface area contributed by atoms with Crippen molar-refractivity contribution in [2.75, 3.05) is 39.8 Å². The Hall–Kier alpha value is -1.35. The number of halogens is 2. The molecule has 0 saturated heterocycles. The van der Waals surface area contributed by atoms with E-state index in [9.17, 15) is 4.39 Å². The van der Waals surface area contributed by atoms with Gasteiger partial charge in [0.2, 0.25) is 0 Å². The summed E-state index contributed by atoms with van der Waals surface area (Å²) in [6, 6.07) is 4.84. The van der Waals surface area contributed by atoms with Gasteiger partial charge in [-0.05, 0) is 50.7 Å². The number of aromatic nitrogens is 1. The molecule has 0 spiro atoms. The van der Waals surface area contributed by atoms with Crippen LogP contribution in [-0.2, 0) is 6.42 Å². The summed E-state index contributed by atoms with van der Waals surface area (Å²) in [5.41, 5.74) is 2.08. The minimum absolute atomic E-state index is 0. The van der Waals surface area contributed by atoms with Gasteiger partial charge in [0.15, 0.2) is 5.96 Å². The first-order chi connectivity index (χ1) is 11.6. The first-order valence-electron chi connectivity index (χ1n) is 8.60. The monoisotopic (exact) mass is 461 g/mol. The van der Waals surface area contributed by atoms with Crippen molar-refractivity contribution >= 4 is 40.8 Å². The molecule has 0 radical (unpaired) electrons. The third-order valence-electron chi connectivity index (χ3n) is 4.05. The fraction of sp³-hybridized carbons (Fsp3) is 0.500. The number of rotatable bonds is 8. The highest BCUT2D eigenvalue weighted by molar-refractivity contribution is 14.0. The maximum Gasteiger partial charge on any atom is 0.191 e. The van der Waals surface area contributed by atoms with Crippen LogP contribution in [-0.4, -0.2) is 55.6 Å². The van der Waals surface area contributed by atoms with Gasteiger partial charge in [0.1, 0.15) is 5.82 Å². The molecule has 0 unspecified atom stereocenters. The zero-order valence-electron chi connectivity index (χ0n) is 15.2. The van der Waals surface area contributed by atoms with E-state index >= 15 is 0 Å². The molecule has 25 heavy (non-hydrogen) atoms. The highest BCUT2D eigenvalue weighted by Gasteiger charge is 2.05. The molecule has 1 aromatic carbocycles. The second-order valence-electron chi connectivity index (χ2n) is 5.84. The quantitative estimate of drug-likeness (QED) is 0.322. The number of benzene rings is 1. The van der Waals surface area contributed by atoms with E-state index < -0.39 is 0 Å². The number of aliphatic imine (C=N–C) groups is 1. The predicted octanol–water partition coefficient (Wildman–Crippen LogP) is 2.97. The van der Waals surface area contributed by atoms with Gasteiger partial charge in [-0.15, -0.1) is 24.0 Å². The number of guanidine groups is 1. The molecule has 0 aliphatic carbocycles. The van der Waals surface area contributed by atoms with Crippen LogP contribution in [0.1, 0.15) is 19.4 Å². The number of nitrogens with one attached hydrogen (secondary N) is 3. The highest BCUT2D eigenvalue weighted by atomic mass is 127. The predicted molar refractivity (Wildman–Crippen MR) is 115 cm³/mol. The average Bonchev–Trinajstić information content (AvgIpc) is 2.97. The maximum absolute atomic E-state index is 13.4. The van der Waals surface area contributed by atoms with Crippen LogP contribution in [0, 0.1) is 5.82 Å². The summed E-state index contributed by atoms with van der Waals surface area (Å²) >= 11 is 0. The fourth-order valence-corrected chi connectivity index (χ4v) is 2.51. The van der Waals surface area contributed by atoms with E-state index in [-0.39, 0.29) is 29.8 Å². The third-order valence-corrected chi connectivity index (χ3v) is 4.05.